The van der Waals surface area contributed by atoms with Crippen molar-refractivity contribution in [3.8, 4) is 5.75 Å². The van der Waals surface area contributed by atoms with Gasteiger partial charge in [-0.1, -0.05) is 69.7 Å². The van der Waals surface area contributed by atoms with E-state index in [0.29, 0.717) is 28.9 Å². The molecule has 0 unspecified atom stereocenters. The number of carbonyl (C=O) groups is 4. The molecule has 0 fully saturated rings. The number of fused-ring (bicyclic) bond motifs is 2. The summed E-state index contributed by atoms with van der Waals surface area (Å²) in [5.74, 6) is -0.943. The SMILES string of the molecule is CCCCCCCCCC(=O)NNC(=O)COc1ccc2c(c1)C(=O)c1ccccc1C2=O. The first kappa shape index (κ1) is 24.2. The van der Waals surface area contributed by atoms with Crippen LogP contribution in [0.15, 0.2) is 42.5 Å². The molecule has 7 heteroatoms. The molecular weight excluding hydrogens is 420 g/mol. The molecule has 0 aromatic heterocycles. The Hall–Kier alpha value is -3.48. The van der Waals surface area contributed by atoms with Crippen LogP contribution in [0.5, 0.6) is 5.75 Å². The van der Waals surface area contributed by atoms with Crippen molar-refractivity contribution in [3.05, 3.63) is 64.7 Å². The van der Waals surface area contributed by atoms with Crippen LogP contribution in [0.1, 0.15) is 90.1 Å². The summed E-state index contributed by atoms with van der Waals surface area (Å²) in [6.45, 7) is 1.84. The standard InChI is InChI=1S/C26H30N2O5/c1-2-3-4-5-6-7-8-13-23(29)27-28-24(30)17-33-18-14-15-21-22(16-18)26(32)20-12-10-9-11-19(20)25(21)31/h9-12,14-16H,2-8,13,17H2,1H3,(H,27,29)(H,28,30). The third-order valence-electron chi connectivity index (χ3n) is 5.62. The smallest absolute Gasteiger partial charge is 0.276 e. The number of hydrogen-bond acceptors (Lipinski definition) is 5. The van der Waals surface area contributed by atoms with Crippen LogP contribution in [0.4, 0.5) is 0 Å². The number of hydrazine groups is 1. The number of rotatable bonds is 11. The van der Waals surface area contributed by atoms with Gasteiger partial charge in [-0.2, -0.15) is 0 Å². The van der Waals surface area contributed by atoms with Crippen LogP contribution < -0.4 is 15.6 Å². The van der Waals surface area contributed by atoms with Gasteiger partial charge in [-0.05, 0) is 24.6 Å². The van der Waals surface area contributed by atoms with Crippen molar-refractivity contribution in [2.24, 2.45) is 0 Å². The molecule has 0 heterocycles. The van der Waals surface area contributed by atoms with Gasteiger partial charge in [0.1, 0.15) is 5.75 Å². The first-order valence-electron chi connectivity index (χ1n) is 11.5. The number of hydrogen-bond donors (Lipinski definition) is 2. The van der Waals surface area contributed by atoms with E-state index < -0.39 is 5.91 Å². The average molecular weight is 451 g/mol. The molecule has 0 bridgehead atoms. The lowest BCUT2D eigenvalue weighted by Crippen LogP contribution is -2.43. The van der Waals surface area contributed by atoms with E-state index in [1.54, 1.807) is 30.3 Å². The molecule has 1 aliphatic rings. The second-order valence-electron chi connectivity index (χ2n) is 8.17. The van der Waals surface area contributed by atoms with E-state index in [4.69, 9.17) is 4.74 Å². The zero-order valence-electron chi connectivity index (χ0n) is 18.9. The predicted octanol–water partition coefficient (Wildman–Crippen LogP) is 4.13. The number of unbranched alkanes of at least 4 members (excludes halogenated alkanes) is 6. The first-order valence-corrected chi connectivity index (χ1v) is 11.5. The van der Waals surface area contributed by atoms with Gasteiger partial charge in [-0.3, -0.25) is 30.0 Å². The maximum absolute atomic E-state index is 12.8. The summed E-state index contributed by atoms with van der Waals surface area (Å²) in [6, 6.07) is 11.2. The molecular formula is C26H30N2O5. The molecule has 2 aromatic rings. The number of ether oxygens (including phenoxy) is 1. The summed E-state index contributed by atoms with van der Waals surface area (Å²) in [7, 11) is 0. The van der Waals surface area contributed by atoms with Crippen LogP contribution in [0, 0.1) is 0 Å². The molecule has 0 radical (unpaired) electrons. The maximum Gasteiger partial charge on any atom is 0.276 e. The molecule has 0 aliphatic heterocycles. The van der Waals surface area contributed by atoms with Gasteiger partial charge in [0.05, 0.1) is 0 Å². The highest BCUT2D eigenvalue weighted by molar-refractivity contribution is 6.28. The van der Waals surface area contributed by atoms with E-state index in [-0.39, 0.29) is 29.6 Å². The Morgan fingerprint density at radius 1 is 0.727 bits per heavy atom. The van der Waals surface area contributed by atoms with Crippen molar-refractivity contribution in [3.63, 3.8) is 0 Å². The summed E-state index contributed by atoms with van der Waals surface area (Å²) in [5.41, 5.74) is 6.02. The third-order valence-corrected chi connectivity index (χ3v) is 5.62. The minimum atomic E-state index is -0.520. The van der Waals surface area contributed by atoms with Gasteiger partial charge in [-0.15, -0.1) is 0 Å². The summed E-state index contributed by atoms with van der Waals surface area (Å²) in [6.07, 6.45) is 8.16. The van der Waals surface area contributed by atoms with Crippen LogP contribution in [-0.4, -0.2) is 30.0 Å². The van der Waals surface area contributed by atoms with Crippen LogP contribution in [0.25, 0.3) is 0 Å². The fourth-order valence-corrected chi connectivity index (χ4v) is 3.80. The lowest BCUT2D eigenvalue weighted by molar-refractivity contribution is -0.130. The van der Waals surface area contributed by atoms with E-state index >= 15 is 0 Å². The monoisotopic (exact) mass is 450 g/mol. The van der Waals surface area contributed by atoms with E-state index in [9.17, 15) is 19.2 Å². The topological polar surface area (TPSA) is 102 Å². The van der Waals surface area contributed by atoms with Crippen molar-refractivity contribution in [1.82, 2.24) is 10.9 Å². The minimum absolute atomic E-state index is 0.215. The zero-order valence-corrected chi connectivity index (χ0v) is 18.9. The highest BCUT2D eigenvalue weighted by Crippen LogP contribution is 2.29. The Bertz CT molecular complexity index is 1030. The van der Waals surface area contributed by atoms with E-state index in [2.05, 4.69) is 17.8 Å². The van der Waals surface area contributed by atoms with E-state index in [0.717, 1.165) is 19.3 Å². The van der Waals surface area contributed by atoms with Crippen molar-refractivity contribution >= 4 is 23.4 Å². The molecule has 0 atom stereocenters. The molecule has 33 heavy (non-hydrogen) atoms. The number of nitrogens with one attached hydrogen (secondary N) is 2. The Labute approximate surface area is 193 Å². The van der Waals surface area contributed by atoms with Crippen LogP contribution in [-0.2, 0) is 9.59 Å². The van der Waals surface area contributed by atoms with Crippen molar-refractivity contribution in [2.45, 2.75) is 58.3 Å². The molecule has 2 amide bonds. The summed E-state index contributed by atoms with van der Waals surface area (Å²) in [4.78, 5) is 49.2. The maximum atomic E-state index is 12.8. The summed E-state index contributed by atoms with van der Waals surface area (Å²) < 4.78 is 5.46. The molecule has 174 valence electrons. The van der Waals surface area contributed by atoms with Gasteiger partial charge in [0.2, 0.25) is 5.91 Å². The summed E-state index contributed by atoms with van der Waals surface area (Å²) >= 11 is 0. The van der Waals surface area contributed by atoms with Crippen LogP contribution in [0.2, 0.25) is 0 Å². The molecule has 0 spiro atoms. The molecule has 3 rings (SSSR count). The summed E-state index contributed by atoms with van der Waals surface area (Å²) in [5, 5.41) is 0. The van der Waals surface area contributed by atoms with Gasteiger partial charge >= 0.3 is 0 Å². The van der Waals surface area contributed by atoms with Gasteiger partial charge < -0.3 is 4.74 Å². The van der Waals surface area contributed by atoms with E-state index in [1.165, 1.54) is 37.8 Å². The Kier molecular flexibility index (Phi) is 8.75. The third kappa shape index (κ3) is 6.51. The van der Waals surface area contributed by atoms with Crippen molar-refractivity contribution in [2.75, 3.05) is 6.61 Å². The fourth-order valence-electron chi connectivity index (χ4n) is 3.80. The van der Waals surface area contributed by atoms with Crippen LogP contribution >= 0.6 is 0 Å². The highest BCUT2D eigenvalue weighted by atomic mass is 16.5. The lowest BCUT2D eigenvalue weighted by Gasteiger charge is -2.18. The van der Waals surface area contributed by atoms with E-state index in [1.807, 2.05) is 0 Å². The van der Waals surface area contributed by atoms with Crippen LogP contribution in [0.3, 0.4) is 0 Å². The normalized spacial score (nSPS) is 12.0. The lowest BCUT2D eigenvalue weighted by atomic mass is 9.84. The van der Waals surface area contributed by atoms with Crippen molar-refractivity contribution in [1.29, 1.82) is 0 Å². The van der Waals surface area contributed by atoms with Gasteiger partial charge in [0, 0.05) is 28.7 Å². The minimum Gasteiger partial charge on any atom is -0.484 e. The number of amides is 2. The number of carbonyl (C=O) groups excluding carboxylic acids is 4. The molecule has 1 aliphatic carbocycles. The van der Waals surface area contributed by atoms with Gasteiger partial charge in [0.25, 0.3) is 5.91 Å². The molecule has 2 aromatic carbocycles. The quantitative estimate of drug-likeness (QED) is 0.338. The second kappa shape index (κ2) is 11.9. The van der Waals surface area contributed by atoms with Crippen molar-refractivity contribution < 1.29 is 23.9 Å². The Balaban J connectivity index is 1.42. The largest absolute Gasteiger partial charge is 0.484 e. The number of ketones is 2. The second-order valence-corrected chi connectivity index (χ2v) is 8.17. The molecule has 2 N–H and O–H groups in total. The molecule has 7 nitrogen and oxygen atoms in total. The fraction of sp³-hybridized carbons (Fsp3) is 0.385. The molecule has 0 saturated carbocycles. The molecule has 0 saturated heterocycles. The van der Waals surface area contributed by atoms with Gasteiger partial charge in [-0.25, -0.2) is 0 Å². The average Bonchev–Trinajstić information content (AvgIpc) is 2.84. The number of benzene rings is 2. The van der Waals surface area contributed by atoms with Gasteiger partial charge in [0.15, 0.2) is 18.2 Å². The first-order chi connectivity index (χ1) is 16.0. The predicted molar refractivity (Wildman–Crippen MR) is 124 cm³/mol. The zero-order chi connectivity index (χ0) is 23.6. The highest BCUT2D eigenvalue weighted by Gasteiger charge is 2.29. The Morgan fingerprint density at radius 3 is 2.00 bits per heavy atom. The Morgan fingerprint density at radius 2 is 1.30 bits per heavy atom.